The molecule has 6 nitrogen and oxygen atoms in total. The SMILES string of the molecule is COC(CCCOS(=O)(=O)c1ccc(C)cc1)OC1OC(C)c2ccccc21. The molecule has 0 aromatic heterocycles. The summed E-state index contributed by atoms with van der Waals surface area (Å²) in [5.41, 5.74) is 3.09. The fraction of sp³-hybridized carbons (Fsp3) is 0.429. The Morgan fingerprint density at radius 1 is 1.07 bits per heavy atom. The van der Waals surface area contributed by atoms with E-state index in [0.29, 0.717) is 12.8 Å². The molecular formula is C21H26O6S. The average molecular weight is 407 g/mol. The summed E-state index contributed by atoms with van der Waals surface area (Å²) in [7, 11) is -2.20. The summed E-state index contributed by atoms with van der Waals surface area (Å²) >= 11 is 0. The molecule has 3 unspecified atom stereocenters. The van der Waals surface area contributed by atoms with Crippen LogP contribution in [-0.4, -0.2) is 28.4 Å². The Hall–Kier alpha value is -1.77. The van der Waals surface area contributed by atoms with Crippen molar-refractivity contribution in [1.82, 2.24) is 0 Å². The number of rotatable bonds is 9. The van der Waals surface area contributed by atoms with E-state index in [-0.39, 0.29) is 17.6 Å². The Labute approximate surface area is 166 Å². The lowest BCUT2D eigenvalue weighted by Gasteiger charge is -2.21. The van der Waals surface area contributed by atoms with Gasteiger partial charge in [0.2, 0.25) is 0 Å². The van der Waals surface area contributed by atoms with Crippen molar-refractivity contribution in [2.75, 3.05) is 13.7 Å². The summed E-state index contributed by atoms with van der Waals surface area (Å²) in [5, 5.41) is 0. The van der Waals surface area contributed by atoms with Gasteiger partial charge in [-0.3, -0.25) is 4.18 Å². The molecule has 0 radical (unpaired) electrons. The van der Waals surface area contributed by atoms with E-state index in [1.165, 1.54) is 0 Å². The predicted molar refractivity (Wildman–Crippen MR) is 104 cm³/mol. The van der Waals surface area contributed by atoms with Gasteiger partial charge in [-0.2, -0.15) is 8.42 Å². The van der Waals surface area contributed by atoms with Crippen molar-refractivity contribution in [2.24, 2.45) is 0 Å². The number of aryl methyl sites for hydroxylation is 1. The van der Waals surface area contributed by atoms with Gasteiger partial charge in [0.25, 0.3) is 10.1 Å². The maximum Gasteiger partial charge on any atom is 0.296 e. The summed E-state index contributed by atoms with van der Waals surface area (Å²) in [6.07, 6.45) is -0.104. The Morgan fingerprint density at radius 3 is 2.43 bits per heavy atom. The summed E-state index contributed by atoms with van der Waals surface area (Å²) < 4.78 is 46.7. The third kappa shape index (κ3) is 4.98. The second kappa shape index (κ2) is 9.15. The first-order chi connectivity index (χ1) is 13.4. The number of ether oxygens (including phenoxy) is 3. The fourth-order valence-electron chi connectivity index (χ4n) is 3.10. The zero-order chi connectivity index (χ0) is 20.1. The lowest BCUT2D eigenvalue weighted by Crippen LogP contribution is -2.20. The van der Waals surface area contributed by atoms with Crippen LogP contribution in [0.25, 0.3) is 0 Å². The van der Waals surface area contributed by atoms with E-state index in [0.717, 1.165) is 16.7 Å². The molecule has 0 amide bonds. The highest BCUT2D eigenvalue weighted by atomic mass is 32.2. The van der Waals surface area contributed by atoms with E-state index in [1.54, 1.807) is 31.4 Å². The zero-order valence-corrected chi connectivity index (χ0v) is 17.1. The van der Waals surface area contributed by atoms with E-state index in [2.05, 4.69) is 0 Å². The van der Waals surface area contributed by atoms with Crippen LogP contribution in [0.2, 0.25) is 0 Å². The van der Waals surface area contributed by atoms with Crippen LogP contribution in [-0.2, 0) is 28.5 Å². The molecule has 3 atom stereocenters. The Bertz CT molecular complexity index is 878. The first kappa shape index (κ1) is 21.0. The van der Waals surface area contributed by atoms with Crippen molar-refractivity contribution in [2.45, 2.75) is 50.3 Å². The third-order valence-electron chi connectivity index (χ3n) is 4.69. The minimum atomic E-state index is -3.76. The van der Waals surface area contributed by atoms with Gasteiger partial charge in [-0.05, 0) is 38.0 Å². The van der Waals surface area contributed by atoms with Crippen LogP contribution in [0.1, 0.15) is 48.8 Å². The van der Waals surface area contributed by atoms with E-state index in [9.17, 15) is 8.42 Å². The molecule has 2 aromatic carbocycles. The maximum atomic E-state index is 12.2. The zero-order valence-electron chi connectivity index (χ0n) is 16.3. The number of hydrogen-bond acceptors (Lipinski definition) is 6. The summed E-state index contributed by atoms with van der Waals surface area (Å²) in [6.45, 7) is 3.93. The van der Waals surface area contributed by atoms with Crippen molar-refractivity contribution in [3.63, 3.8) is 0 Å². The van der Waals surface area contributed by atoms with Gasteiger partial charge in [0.1, 0.15) is 0 Å². The van der Waals surface area contributed by atoms with Crippen molar-refractivity contribution in [1.29, 1.82) is 0 Å². The lowest BCUT2D eigenvalue weighted by atomic mass is 10.1. The van der Waals surface area contributed by atoms with Crippen LogP contribution in [0.4, 0.5) is 0 Å². The molecule has 0 bridgehead atoms. The van der Waals surface area contributed by atoms with Crippen molar-refractivity contribution >= 4 is 10.1 Å². The summed E-state index contributed by atoms with van der Waals surface area (Å²) in [6, 6.07) is 14.5. The molecule has 0 spiro atoms. The molecule has 0 fully saturated rings. The molecule has 0 aliphatic carbocycles. The topological polar surface area (TPSA) is 71.1 Å². The van der Waals surface area contributed by atoms with Crippen molar-refractivity contribution in [3.05, 3.63) is 65.2 Å². The summed E-state index contributed by atoms with van der Waals surface area (Å²) in [4.78, 5) is 0.155. The Balaban J connectivity index is 1.49. The summed E-state index contributed by atoms with van der Waals surface area (Å²) in [5.74, 6) is 0. The van der Waals surface area contributed by atoms with Gasteiger partial charge in [0.05, 0.1) is 17.6 Å². The second-order valence-corrected chi connectivity index (χ2v) is 8.39. The van der Waals surface area contributed by atoms with E-state index in [1.807, 2.05) is 38.1 Å². The molecule has 0 N–H and O–H groups in total. The van der Waals surface area contributed by atoms with Crippen LogP contribution in [0.5, 0.6) is 0 Å². The van der Waals surface area contributed by atoms with Gasteiger partial charge >= 0.3 is 0 Å². The highest BCUT2D eigenvalue weighted by Crippen LogP contribution is 2.40. The van der Waals surface area contributed by atoms with Crippen LogP contribution in [0.3, 0.4) is 0 Å². The molecule has 1 aliphatic rings. The maximum absolute atomic E-state index is 12.2. The molecule has 152 valence electrons. The Morgan fingerprint density at radius 2 is 1.75 bits per heavy atom. The number of fused-ring (bicyclic) bond motifs is 1. The number of benzene rings is 2. The first-order valence-electron chi connectivity index (χ1n) is 9.29. The number of hydrogen-bond donors (Lipinski definition) is 0. The van der Waals surface area contributed by atoms with Crippen LogP contribution >= 0.6 is 0 Å². The van der Waals surface area contributed by atoms with Gasteiger partial charge in [0.15, 0.2) is 12.6 Å². The first-order valence-corrected chi connectivity index (χ1v) is 10.7. The predicted octanol–water partition coefficient (Wildman–Crippen LogP) is 4.26. The van der Waals surface area contributed by atoms with Gasteiger partial charge in [-0.25, -0.2) is 0 Å². The molecule has 0 saturated heterocycles. The van der Waals surface area contributed by atoms with E-state index < -0.39 is 22.7 Å². The molecule has 28 heavy (non-hydrogen) atoms. The van der Waals surface area contributed by atoms with Crippen molar-refractivity contribution in [3.8, 4) is 0 Å². The monoisotopic (exact) mass is 406 g/mol. The quantitative estimate of drug-likeness (QED) is 0.352. The molecule has 2 aromatic rings. The minimum absolute atomic E-state index is 0.0401. The number of methoxy groups -OCH3 is 1. The highest BCUT2D eigenvalue weighted by Gasteiger charge is 2.31. The molecule has 7 heteroatoms. The standard InChI is InChI=1S/C21H26O6S/c1-15-10-12-17(13-11-15)28(22,23)25-14-6-9-20(24-3)27-21-19-8-5-4-7-18(19)16(2)26-21/h4-5,7-8,10-13,16,20-21H,6,9,14H2,1-3H3. The third-order valence-corrected chi connectivity index (χ3v) is 6.01. The Kier molecular flexibility index (Phi) is 6.85. The van der Waals surface area contributed by atoms with Crippen LogP contribution < -0.4 is 0 Å². The normalized spacial score (nSPS) is 20.1. The van der Waals surface area contributed by atoms with Gasteiger partial charge in [-0.1, -0.05) is 42.0 Å². The van der Waals surface area contributed by atoms with Crippen LogP contribution in [0, 0.1) is 6.92 Å². The molecule has 1 aliphatic heterocycles. The highest BCUT2D eigenvalue weighted by molar-refractivity contribution is 7.86. The van der Waals surface area contributed by atoms with Gasteiger partial charge < -0.3 is 14.2 Å². The van der Waals surface area contributed by atoms with Crippen LogP contribution in [0.15, 0.2) is 53.4 Å². The second-order valence-electron chi connectivity index (χ2n) is 6.77. The molecular weight excluding hydrogens is 380 g/mol. The van der Waals surface area contributed by atoms with E-state index >= 15 is 0 Å². The van der Waals surface area contributed by atoms with Crippen molar-refractivity contribution < 1.29 is 26.8 Å². The molecule has 3 rings (SSSR count). The average Bonchev–Trinajstić information content (AvgIpc) is 3.00. The smallest absolute Gasteiger partial charge is 0.296 e. The lowest BCUT2D eigenvalue weighted by molar-refractivity contribution is -0.247. The fourth-order valence-corrected chi connectivity index (χ4v) is 4.05. The largest absolute Gasteiger partial charge is 0.356 e. The molecule has 1 heterocycles. The van der Waals surface area contributed by atoms with E-state index in [4.69, 9.17) is 18.4 Å². The minimum Gasteiger partial charge on any atom is -0.356 e. The van der Waals surface area contributed by atoms with Gasteiger partial charge in [-0.15, -0.1) is 0 Å². The molecule has 0 saturated carbocycles. The van der Waals surface area contributed by atoms with Gasteiger partial charge in [0, 0.05) is 19.1 Å².